The molecular formula is C20H13F21. The topological polar surface area (TPSA) is 0 Å². The zero-order valence-electron chi connectivity index (χ0n) is 19.4. The van der Waals surface area contributed by atoms with E-state index in [0.717, 1.165) is 0 Å². The van der Waals surface area contributed by atoms with Crippen LogP contribution in [0.2, 0.25) is 0 Å². The number of benzene rings is 1. The Morgan fingerprint density at radius 3 is 1.02 bits per heavy atom. The smallest absolute Gasteiger partial charge is 0.200 e. The standard InChI is InChI=1S/C20H13F21/c1-9-4-6-10(7-5-9)3-2-8-11(21,22)12(23,24)13(25,26)14(27,28)15(29,30)16(31,32)17(33,34)18(35,36)19(37,38)20(39,40)41/h4-7H,2-3,8H2,1H3. The first kappa shape index (κ1) is 36.8. The maximum absolute atomic E-state index is 13.9. The fourth-order valence-electron chi connectivity index (χ4n) is 3.02. The van der Waals surface area contributed by atoms with Crippen LogP contribution in [-0.2, 0) is 6.42 Å². The minimum Gasteiger partial charge on any atom is -0.200 e. The Kier molecular flexibility index (Phi) is 9.14. The first-order valence-corrected chi connectivity index (χ1v) is 10.2. The van der Waals surface area contributed by atoms with Gasteiger partial charge in [0.1, 0.15) is 0 Å². The quantitative estimate of drug-likeness (QED) is 0.198. The van der Waals surface area contributed by atoms with Gasteiger partial charge in [-0.2, -0.15) is 92.2 Å². The molecule has 1 aromatic carbocycles. The van der Waals surface area contributed by atoms with Gasteiger partial charge in [-0.25, -0.2) is 0 Å². The molecule has 0 spiro atoms. The minimum absolute atomic E-state index is 0.0387. The molecule has 0 bridgehead atoms. The summed E-state index contributed by atoms with van der Waals surface area (Å²) in [6.45, 7) is 1.51. The van der Waals surface area contributed by atoms with Gasteiger partial charge in [0.15, 0.2) is 0 Å². The highest BCUT2D eigenvalue weighted by molar-refractivity contribution is 5.22. The molecule has 0 saturated heterocycles. The third-order valence-electron chi connectivity index (χ3n) is 5.65. The second kappa shape index (κ2) is 10.2. The molecule has 1 aromatic rings. The first-order chi connectivity index (χ1) is 17.7. The maximum Gasteiger partial charge on any atom is 0.460 e. The third kappa shape index (κ3) is 5.26. The Balaban J connectivity index is 3.52. The SMILES string of the molecule is Cc1ccc(CCCC(F)(F)C(F)(F)C(F)(F)C(F)(F)C(F)(F)C(F)(F)C(F)(F)C(F)(F)C(F)(F)C(F)(F)F)cc1. The summed E-state index contributed by atoms with van der Waals surface area (Å²) in [5.41, 5.74) is 0.604. The van der Waals surface area contributed by atoms with E-state index < -0.39 is 78.7 Å². The van der Waals surface area contributed by atoms with Crippen molar-refractivity contribution in [3.8, 4) is 0 Å². The van der Waals surface area contributed by atoms with Crippen molar-refractivity contribution in [1.82, 2.24) is 0 Å². The monoisotopic (exact) mass is 652 g/mol. The van der Waals surface area contributed by atoms with Crippen molar-refractivity contribution < 1.29 is 92.2 Å². The first-order valence-electron chi connectivity index (χ1n) is 10.2. The highest BCUT2D eigenvalue weighted by Gasteiger charge is 2.97. The van der Waals surface area contributed by atoms with Gasteiger partial charge in [-0.15, -0.1) is 0 Å². The van der Waals surface area contributed by atoms with Crippen LogP contribution in [0.3, 0.4) is 0 Å². The van der Waals surface area contributed by atoms with E-state index in [-0.39, 0.29) is 5.56 Å². The second-order valence-corrected chi connectivity index (χ2v) is 8.64. The summed E-state index contributed by atoms with van der Waals surface area (Å²) in [6.07, 6.45) is -12.6. The average molecular weight is 652 g/mol. The molecule has 21 heteroatoms. The number of hydrogen-bond acceptors (Lipinski definition) is 0. The predicted molar refractivity (Wildman–Crippen MR) is 94.7 cm³/mol. The Hall–Kier alpha value is -2.25. The minimum atomic E-state index is -9.15. The van der Waals surface area contributed by atoms with Crippen LogP contribution in [0.5, 0.6) is 0 Å². The average Bonchev–Trinajstić information content (AvgIpc) is 2.78. The summed E-state index contributed by atoms with van der Waals surface area (Å²) in [5.74, 6) is -76.5. The molecule has 0 heterocycles. The van der Waals surface area contributed by atoms with Crippen molar-refractivity contribution in [2.45, 2.75) is 85.7 Å². The van der Waals surface area contributed by atoms with Crippen LogP contribution in [0.15, 0.2) is 24.3 Å². The van der Waals surface area contributed by atoms with Crippen LogP contribution in [-0.4, -0.2) is 59.5 Å². The zero-order valence-corrected chi connectivity index (χ0v) is 19.4. The molecule has 1 rings (SSSR count). The van der Waals surface area contributed by atoms with Gasteiger partial charge < -0.3 is 0 Å². The van der Waals surface area contributed by atoms with E-state index in [1.807, 2.05) is 0 Å². The number of hydrogen-bond donors (Lipinski definition) is 0. The molecule has 240 valence electrons. The summed E-state index contributed by atoms with van der Waals surface area (Å²) in [5, 5.41) is 0. The predicted octanol–water partition coefficient (Wildman–Crippen LogP) is 9.60. The van der Waals surface area contributed by atoms with Crippen LogP contribution in [0.25, 0.3) is 0 Å². The van der Waals surface area contributed by atoms with Gasteiger partial charge in [-0.1, -0.05) is 29.8 Å². The van der Waals surface area contributed by atoms with Crippen molar-refractivity contribution in [3.63, 3.8) is 0 Å². The number of aryl methyl sites for hydroxylation is 2. The fraction of sp³-hybridized carbons (Fsp3) is 0.700. The number of halogens is 21. The van der Waals surface area contributed by atoms with Crippen LogP contribution in [0.4, 0.5) is 92.2 Å². The summed E-state index contributed by atoms with van der Waals surface area (Å²) < 4.78 is 280. The van der Waals surface area contributed by atoms with E-state index >= 15 is 0 Å². The molecule has 0 nitrogen and oxygen atoms in total. The fourth-order valence-corrected chi connectivity index (χ4v) is 3.02. The Morgan fingerprint density at radius 2 is 0.707 bits per heavy atom. The normalized spacial score (nSPS) is 15.9. The lowest BCUT2D eigenvalue weighted by atomic mass is 9.85. The van der Waals surface area contributed by atoms with Crippen LogP contribution in [0, 0.1) is 6.92 Å². The van der Waals surface area contributed by atoms with Crippen LogP contribution in [0.1, 0.15) is 24.0 Å². The van der Waals surface area contributed by atoms with Crippen molar-refractivity contribution in [2.75, 3.05) is 0 Å². The van der Waals surface area contributed by atoms with Gasteiger partial charge in [0.2, 0.25) is 0 Å². The molecule has 0 aliphatic carbocycles. The van der Waals surface area contributed by atoms with Gasteiger partial charge in [0, 0.05) is 6.42 Å². The highest BCUT2D eigenvalue weighted by Crippen LogP contribution is 2.66. The molecule has 0 aromatic heterocycles. The molecule has 0 saturated carbocycles. The van der Waals surface area contributed by atoms with Crippen LogP contribution >= 0.6 is 0 Å². The van der Waals surface area contributed by atoms with E-state index in [0.29, 0.717) is 5.56 Å². The number of alkyl halides is 21. The lowest BCUT2D eigenvalue weighted by molar-refractivity contribution is -0.474. The maximum atomic E-state index is 13.9. The summed E-state index contributed by atoms with van der Waals surface area (Å²) in [4.78, 5) is 0. The number of rotatable bonds is 12. The summed E-state index contributed by atoms with van der Waals surface area (Å²) in [7, 11) is 0. The van der Waals surface area contributed by atoms with Gasteiger partial charge in [-0.3, -0.25) is 0 Å². The Bertz CT molecular complexity index is 1050. The Labute approximate surface area is 214 Å². The van der Waals surface area contributed by atoms with Crippen molar-refractivity contribution >= 4 is 0 Å². The highest BCUT2D eigenvalue weighted by atomic mass is 19.4. The molecule has 41 heavy (non-hydrogen) atoms. The molecule has 0 aliphatic heterocycles. The lowest BCUT2D eigenvalue weighted by Crippen LogP contribution is -2.76. The van der Waals surface area contributed by atoms with Gasteiger partial charge in [-0.05, 0) is 25.3 Å². The molecule has 0 aliphatic rings. The molecule has 0 radical (unpaired) electrons. The van der Waals surface area contributed by atoms with Gasteiger partial charge >= 0.3 is 59.5 Å². The van der Waals surface area contributed by atoms with Crippen LogP contribution < -0.4 is 0 Å². The van der Waals surface area contributed by atoms with E-state index in [1.54, 1.807) is 0 Å². The van der Waals surface area contributed by atoms with Crippen molar-refractivity contribution in [2.24, 2.45) is 0 Å². The second-order valence-electron chi connectivity index (χ2n) is 8.64. The molecule has 0 N–H and O–H groups in total. The van der Waals surface area contributed by atoms with Crippen molar-refractivity contribution in [3.05, 3.63) is 35.4 Å². The molecule has 0 atom stereocenters. The molecule has 0 amide bonds. The van der Waals surface area contributed by atoms with Crippen molar-refractivity contribution in [1.29, 1.82) is 0 Å². The molecular weight excluding hydrogens is 639 g/mol. The zero-order chi connectivity index (χ0) is 33.1. The lowest BCUT2D eigenvalue weighted by Gasteiger charge is -2.44. The molecule has 0 unspecified atom stereocenters. The molecule has 0 fully saturated rings. The van der Waals surface area contributed by atoms with E-state index in [9.17, 15) is 92.2 Å². The van der Waals surface area contributed by atoms with Gasteiger partial charge in [0.05, 0.1) is 0 Å². The summed E-state index contributed by atoms with van der Waals surface area (Å²) >= 11 is 0. The van der Waals surface area contributed by atoms with E-state index in [1.165, 1.54) is 31.2 Å². The Morgan fingerprint density at radius 1 is 0.415 bits per heavy atom. The van der Waals surface area contributed by atoms with E-state index in [2.05, 4.69) is 0 Å². The third-order valence-corrected chi connectivity index (χ3v) is 5.65. The van der Waals surface area contributed by atoms with E-state index in [4.69, 9.17) is 0 Å². The van der Waals surface area contributed by atoms with Gasteiger partial charge in [0.25, 0.3) is 0 Å². The summed E-state index contributed by atoms with van der Waals surface area (Å²) in [6, 6.07) is 5.00. The largest absolute Gasteiger partial charge is 0.460 e.